The van der Waals surface area contributed by atoms with Crippen molar-refractivity contribution in [3.8, 4) is 0 Å². The fourth-order valence-corrected chi connectivity index (χ4v) is 1.58. The summed E-state index contributed by atoms with van der Waals surface area (Å²) in [6.45, 7) is 6.35. The Bertz CT molecular complexity index is 213. The van der Waals surface area contributed by atoms with E-state index in [-0.39, 0.29) is 0 Å². The molecular weight excluding hydrogens is 196 g/mol. The summed E-state index contributed by atoms with van der Waals surface area (Å²) in [6.07, 6.45) is 4.19. The highest BCUT2D eigenvalue weighted by Gasteiger charge is 1.94. The van der Waals surface area contributed by atoms with E-state index in [1.54, 1.807) is 0 Å². The van der Waals surface area contributed by atoms with Crippen LogP contribution in [0, 0.1) is 0 Å². The van der Waals surface area contributed by atoms with Crippen LogP contribution in [0.25, 0.3) is 0 Å². The van der Waals surface area contributed by atoms with E-state index in [1.165, 1.54) is 29.3 Å². The van der Waals surface area contributed by atoms with E-state index in [0.717, 1.165) is 26.2 Å². The van der Waals surface area contributed by atoms with Crippen molar-refractivity contribution in [3.05, 3.63) is 11.1 Å². The molecule has 0 amide bonds. The van der Waals surface area contributed by atoms with Crippen LogP contribution in [-0.4, -0.2) is 29.2 Å². The summed E-state index contributed by atoms with van der Waals surface area (Å²) in [5.74, 6) is 0. The third-order valence-electron chi connectivity index (χ3n) is 1.84. The van der Waals surface area contributed by atoms with Crippen molar-refractivity contribution in [3.63, 3.8) is 0 Å². The van der Waals surface area contributed by atoms with Gasteiger partial charge in [-0.2, -0.15) is 0 Å². The molecule has 5 heteroatoms. The summed E-state index contributed by atoms with van der Waals surface area (Å²) in [5.41, 5.74) is 0. The standard InChI is InChI=1S/C9H18N4S/c1-2-4-10-5-3-6-11-7-9-8-12-13-14-9/h8,10-11H,2-7H2,1H3. The minimum Gasteiger partial charge on any atom is -0.317 e. The van der Waals surface area contributed by atoms with Gasteiger partial charge in [0.05, 0.1) is 11.1 Å². The number of hydrogen-bond donors (Lipinski definition) is 2. The number of nitrogens with one attached hydrogen (secondary N) is 2. The highest BCUT2D eigenvalue weighted by molar-refractivity contribution is 7.05. The van der Waals surface area contributed by atoms with Gasteiger partial charge >= 0.3 is 0 Å². The van der Waals surface area contributed by atoms with Crippen LogP contribution >= 0.6 is 11.5 Å². The van der Waals surface area contributed by atoms with Crippen LogP contribution in [-0.2, 0) is 6.54 Å². The molecule has 0 aliphatic rings. The van der Waals surface area contributed by atoms with E-state index >= 15 is 0 Å². The highest BCUT2D eigenvalue weighted by atomic mass is 32.1. The smallest absolute Gasteiger partial charge is 0.0666 e. The van der Waals surface area contributed by atoms with Gasteiger partial charge in [0.15, 0.2) is 0 Å². The van der Waals surface area contributed by atoms with Crippen LogP contribution in [0.4, 0.5) is 0 Å². The third kappa shape index (κ3) is 5.26. The van der Waals surface area contributed by atoms with Crippen LogP contribution in [0.1, 0.15) is 24.6 Å². The van der Waals surface area contributed by atoms with E-state index in [1.807, 2.05) is 6.20 Å². The Hall–Kier alpha value is -0.520. The molecule has 1 aromatic heterocycles. The topological polar surface area (TPSA) is 49.8 Å². The minimum atomic E-state index is 0.894. The fourth-order valence-electron chi connectivity index (χ4n) is 1.12. The second-order valence-corrected chi connectivity index (χ2v) is 4.03. The van der Waals surface area contributed by atoms with Gasteiger partial charge in [0.1, 0.15) is 0 Å². The van der Waals surface area contributed by atoms with Crippen molar-refractivity contribution < 1.29 is 0 Å². The molecule has 0 spiro atoms. The molecular formula is C9H18N4S. The third-order valence-corrected chi connectivity index (χ3v) is 2.50. The summed E-state index contributed by atoms with van der Waals surface area (Å²) in [7, 11) is 0. The van der Waals surface area contributed by atoms with Crippen molar-refractivity contribution in [2.75, 3.05) is 19.6 Å². The number of rotatable bonds is 8. The van der Waals surface area contributed by atoms with Gasteiger partial charge in [-0.15, -0.1) is 5.10 Å². The second-order valence-electron chi connectivity index (χ2n) is 3.16. The van der Waals surface area contributed by atoms with Crippen molar-refractivity contribution in [1.82, 2.24) is 20.2 Å². The lowest BCUT2D eigenvalue weighted by Gasteiger charge is -2.03. The lowest BCUT2D eigenvalue weighted by molar-refractivity contribution is 0.594. The van der Waals surface area contributed by atoms with Gasteiger partial charge in [0.25, 0.3) is 0 Å². The fraction of sp³-hybridized carbons (Fsp3) is 0.778. The van der Waals surface area contributed by atoms with Gasteiger partial charge in [-0.1, -0.05) is 11.4 Å². The maximum Gasteiger partial charge on any atom is 0.0666 e. The molecule has 1 rings (SSSR count). The van der Waals surface area contributed by atoms with E-state index in [4.69, 9.17) is 0 Å². The molecule has 0 aliphatic carbocycles. The Labute approximate surface area is 89.3 Å². The molecule has 80 valence electrons. The summed E-state index contributed by atoms with van der Waals surface area (Å²) in [5, 5.41) is 10.5. The number of aromatic nitrogens is 2. The lowest BCUT2D eigenvalue weighted by Crippen LogP contribution is -2.21. The molecule has 0 saturated carbocycles. The van der Waals surface area contributed by atoms with Crippen molar-refractivity contribution >= 4 is 11.5 Å². The molecule has 0 radical (unpaired) electrons. The minimum absolute atomic E-state index is 0.894. The lowest BCUT2D eigenvalue weighted by atomic mass is 10.4. The first-order valence-electron chi connectivity index (χ1n) is 5.11. The molecule has 1 heterocycles. The molecule has 0 atom stereocenters. The normalized spacial score (nSPS) is 10.6. The first-order chi connectivity index (χ1) is 6.93. The Morgan fingerprint density at radius 2 is 2.14 bits per heavy atom. The van der Waals surface area contributed by atoms with Crippen LogP contribution in [0.2, 0.25) is 0 Å². The molecule has 0 fully saturated rings. The maximum atomic E-state index is 3.80. The Balaban J connectivity index is 1.85. The highest BCUT2D eigenvalue weighted by Crippen LogP contribution is 1.99. The van der Waals surface area contributed by atoms with E-state index in [0.29, 0.717) is 0 Å². The molecule has 0 aromatic carbocycles. The zero-order valence-electron chi connectivity index (χ0n) is 8.62. The quantitative estimate of drug-likeness (QED) is 0.634. The molecule has 0 bridgehead atoms. The zero-order chi connectivity index (χ0) is 10.1. The SMILES string of the molecule is CCCNCCCNCc1cnns1. The molecule has 0 unspecified atom stereocenters. The summed E-state index contributed by atoms with van der Waals surface area (Å²) >= 11 is 1.46. The van der Waals surface area contributed by atoms with Gasteiger partial charge in [-0.25, -0.2) is 0 Å². The average molecular weight is 214 g/mol. The van der Waals surface area contributed by atoms with Crippen LogP contribution in [0.15, 0.2) is 6.20 Å². The van der Waals surface area contributed by atoms with Crippen LogP contribution in [0.3, 0.4) is 0 Å². The van der Waals surface area contributed by atoms with Gasteiger partial charge < -0.3 is 10.6 Å². The van der Waals surface area contributed by atoms with Crippen LogP contribution < -0.4 is 10.6 Å². The monoisotopic (exact) mass is 214 g/mol. The molecule has 1 aromatic rings. The largest absolute Gasteiger partial charge is 0.317 e. The molecule has 0 saturated heterocycles. The molecule has 2 N–H and O–H groups in total. The Kier molecular flexibility index (Phi) is 6.47. The summed E-state index contributed by atoms with van der Waals surface area (Å²) < 4.78 is 3.80. The maximum absolute atomic E-state index is 3.80. The zero-order valence-corrected chi connectivity index (χ0v) is 9.44. The Morgan fingerprint density at radius 1 is 1.29 bits per heavy atom. The second kappa shape index (κ2) is 7.84. The molecule has 14 heavy (non-hydrogen) atoms. The number of nitrogens with zero attached hydrogens (tertiary/aromatic N) is 2. The van der Waals surface area contributed by atoms with Gasteiger partial charge in [0, 0.05) is 6.54 Å². The van der Waals surface area contributed by atoms with Crippen molar-refractivity contribution in [2.45, 2.75) is 26.3 Å². The van der Waals surface area contributed by atoms with E-state index in [9.17, 15) is 0 Å². The Morgan fingerprint density at radius 3 is 2.86 bits per heavy atom. The summed E-state index contributed by atoms with van der Waals surface area (Å²) in [6, 6.07) is 0. The number of hydrogen-bond acceptors (Lipinski definition) is 5. The average Bonchev–Trinajstić information content (AvgIpc) is 2.69. The van der Waals surface area contributed by atoms with Crippen molar-refractivity contribution in [2.24, 2.45) is 0 Å². The first-order valence-corrected chi connectivity index (χ1v) is 5.88. The van der Waals surface area contributed by atoms with Crippen LogP contribution in [0.5, 0.6) is 0 Å². The van der Waals surface area contributed by atoms with Crippen molar-refractivity contribution in [1.29, 1.82) is 0 Å². The van der Waals surface area contributed by atoms with Gasteiger partial charge in [-0.05, 0) is 44.0 Å². The van der Waals surface area contributed by atoms with E-state index in [2.05, 4.69) is 27.1 Å². The molecule has 4 nitrogen and oxygen atoms in total. The predicted molar refractivity (Wildman–Crippen MR) is 59.4 cm³/mol. The summed E-state index contributed by atoms with van der Waals surface area (Å²) in [4.78, 5) is 1.20. The predicted octanol–water partition coefficient (Wildman–Crippen LogP) is 1.02. The van der Waals surface area contributed by atoms with Gasteiger partial charge in [0.2, 0.25) is 0 Å². The van der Waals surface area contributed by atoms with Gasteiger partial charge in [-0.3, -0.25) is 0 Å². The molecule has 0 aliphatic heterocycles. The van der Waals surface area contributed by atoms with E-state index < -0.39 is 0 Å². The first kappa shape index (κ1) is 11.6.